The Morgan fingerprint density at radius 1 is 1.31 bits per heavy atom. The monoisotopic (exact) mass is 229 g/mol. The zero-order chi connectivity index (χ0) is 11.9. The molecule has 1 rings (SSSR count). The minimum Gasteiger partial charge on any atom is -0.392 e. The first kappa shape index (κ1) is 13.9. The maximum atomic E-state index is 10.2. The van der Waals surface area contributed by atoms with Crippen LogP contribution in [0.1, 0.15) is 51.9 Å². The molecule has 0 radical (unpaired) electrons. The minimum atomic E-state index is -0.276. The van der Waals surface area contributed by atoms with Crippen LogP contribution in [0.3, 0.4) is 0 Å². The Labute approximate surface area is 99.4 Å². The molecule has 0 aromatic carbocycles. The van der Waals surface area contributed by atoms with E-state index in [2.05, 4.69) is 6.92 Å². The first-order chi connectivity index (χ1) is 7.75. The van der Waals surface area contributed by atoms with Crippen LogP contribution in [0.25, 0.3) is 0 Å². The number of ether oxygens (including phenoxy) is 1. The zero-order valence-electron chi connectivity index (χ0n) is 10.6. The molecule has 0 aromatic heterocycles. The summed E-state index contributed by atoms with van der Waals surface area (Å²) in [6.07, 6.45) is 7.72. The highest BCUT2D eigenvalue weighted by Gasteiger charge is 2.39. The molecule has 3 heteroatoms. The molecule has 3 nitrogen and oxygen atoms in total. The van der Waals surface area contributed by atoms with Crippen LogP contribution in [0.2, 0.25) is 0 Å². The van der Waals surface area contributed by atoms with Crippen molar-refractivity contribution < 1.29 is 9.84 Å². The Kier molecular flexibility index (Phi) is 6.32. The largest absolute Gasteiger partial charge is 0.392 e. The van der Waals surface area contributed by atoms with Crippen LogP contribution in [0.5, 0.6) is 0 Å². The second kappa shape index (κ2) is 7.25. The maximum absolute atomic E-state index is 10.2. The van der Waals surface area contributed by atoms with Gasteiger partial charge in [0, 0.05) is 18.6 Å². The summed E-state index contributed by atoms with van der Waals surface area (Å²) >= 11 is 0. The number of aliphatic hydroxyl groups is 1. The van der Waals surface area contributed by atoms with Gasteiger partial charge in [0.05, 0.1) is 12.7 Å². The van der Waals surface area contributed by atoms with Gasteiger partial charge in [0.2, 0.25) is 0 Å². The summed E-state index contributed by atoms with van der Waals surface area (Å²) in [5.41, 5.74) is 5.63. The molecule has 1 aliphatic heterocycles. The molecule has 1 fully saturated rings. The first-order valence-electron chi connectivity index (χ1n) is 6.71. The Morgan fingerprint density at radius 3 is 2.62 bits per heavy atom. The lowest BCUT2D eigenvalue weighted by atomic mass is 9.79. The second-order valence-corrected chi connectivity index (χ2v) is 5.09. The van der Waals surface area contributed by atoms with E-state index in [0.29, 0.717) is 13.2 Å². The molecule has 0 aromatic rings. The fraction of sp³-hybridized carbons (Fsp3) is 1.00. The molecule has 2 unspecified atom stereocenters. The average Bonchev–Trinajstić information content (AvgIpc) is 2.78. The fourth-order valence-corrected chi connectivity index (χ4v) is 2.43. The van der Waals surface area contributed by atoms with Gasteiger partial charge in [0.15, 0.2) is 0 Å². The Hall–Kier alpha value is -0.120. The Balaban J connectivity index is 2.19. The van der Waals surface area contributed by atoms with E-state index in [1.54, 1.807) is 0 Å². The molecule has 0 spiro atoms. The summed E-state index contributed by atoms with van der Waals surface area (Å²) in [5.74, 6) is 0. The normalized spacial score (nSPS) is 27.2. The molecule has 96 valence electrons. The van der Waals surface area contributed by atoms with Gasteiger partial charge in [-0.25, -0.2) is 0 Å². The molecular weight excluding hydrogens is 202 g/mol. The van der Waals surface area contributed by atoms with Crippen molar-refractivity contribution in [2.75, 3.05) is 19.8 Å². The van der Waals surface area contributed by atoms with Crippen LogP contribution in [0.4, 0.5) is 0 Å². The third-order valence-electron chi connectivity index (χ3n) is 3.83. The number of unbranched alkanes of at least 4 members (excludes halogenated alkanes) is 4. The summed E-state index contributed by atoms with van der Waals surface area (Å²) in [4.78, 5) is 0. The van der Waals surface area contributed by atoms with Gasteiger partial charge in [-0.2, -0.15) is 0 Å². The van der Waals surface area contributed by atoms with E-state index in [1.807, 2.05) is 0 Å². The van der Waals surface area contributed by atoms with Crippen LogP contribution in [-0.2, 0) is 4.74 Å². The molecule has 0 bridgehead atoms. The lowest BCUT2D eigenvalue weighted by Gasteiger charge is -2.31. The van der Waals surface area contributed by atoms with E-state index in [9.17, 15) is 5.11 Å². The van der Waals surface area contributed by atoms with Crippen molar-refractivity contribution in [3.05, 3.63) is 0 Å². The summed E-state index contributed by atoms with van der Waals surface area (Å²) in [6, 6.07) is 0. The van der Waals surface area contributed by atoms with Crippen molar-refractivity contribution in [2.45, 2.75) is 58.0 Å². The van der Waals surface area contributed by atoms with Crippen molar-refractivity contribution >= 4 is 0 Å². The van der Waals surface area contributed by atoms with E-state index in [0.717, 1.165) is 25.9 Å². The molecule has 2 atom stereocenters. The van der Waals surface area contributed by atoms with Gasteiger partial charge in [-0.15, -0.1) is 0 Å². The predicted molar refractivity (Wildman–Crippen MR) is 66.3 cm³/mol. The molecule has 16 heavy (non-hydrogen) atoms. The summed E-state index contributed by atoms with van der Waals surface area (Å²) in [7, 11) is 0. The van der Waals surface area contributed by atoms with Gasteiger partial charge < -0.3 is 15.6 Å². The third-order valence-corrected chi connectivity index (χ3v) is 3.83. The zero-order valence-corrected chi connectivity index (χ0v) is 10.6. The van der Waals surface area contributed by atoms with Crippen molar-refractivity contribution in [2.24, 2.45) is 11.1 Å². The maximum Gasteiger partial charge on any atom is 0.0631 e. The van der Waals surface area contributed by atoms with Gasteiger partial charge in [-0.3, -0.25) is 0 Å². The van der Waals surface area contributed by atoms with E-state index >= 15 is 0 Å². The minimum absolute atomic E-state index is 0.148. The highest BCUT2D eigenvalue weighted by atomic mass is 16.5. The molecule has 1 saturated heterocycles. The summed E-state index contributed by atoms with van der Waals surface area (Å²) in [5, 5.41) is 10.2. The summed E-state index contributed by atoms with van der Waals surface area (Å²) in [6.45, 7) is 4.15. The molecule has 1 aliphatic rings. The first-order valence-corrected chi connectivity index (χ1v) is 6.71. The van der Waals surface area contributed by atoms with Crippen molar-refractivity contribution in [1.82, 2.24) is 0 Å². The lowest BCUT2D eigenvalue weighted by Crippen LogP contribution is -2.42. The fourth-order valence-electron chi connectivity index (χ4n) is 2.43. The molecule has 3 N–H and O–H groups in total. The van der Waals surface area contributed by atoms with E-state index < -0.39 is 0 Å². The van der Waals surface area contributed by atoms with E-state index in [1.165, 1.54) is 25.7 Å². The highest BCUT2D eigenvalue weighted by Crippen LogP contribution is 2.33. The van der Waals surface area contributed by atoms with Crippen LogP contribution in [0, 0.1) is 5.41 Å². The molecule has 0 saturated carbocycles. The molecular formula is C13H27NO2. The van der Waals surface area contributed by atoms with Gasteiger partial charge >= 0.3 is 0 Å². The Bertz CT molecular complexity index is 179. The van der Waals surface area contributed by atoms with Crippen LogP contribution in [0.15, 0.2) is 0 Å². The van der Waals surface area contributed by atoms with Crippen molar-refractivity contribution in [1.29, 1.82) is 0 Å². The van der Waals surface area contributed by atoms with Gasteiger partial charge in [-0.05, 0) is 12.8 Å². The quantitative estimate of drug-likeness (QED) is 0.626. The van der Waals surface area contributed by atoms with Crippen LogP contribution >= 0.6 is 0 Å². The van der Waals surface area contributed by atoms with E-state index in [-0.39, 0.29) is 11.5 Å². The number of hydrogen-bond acceptors (Lipinski definition) is 3. The highest BCUT2D eigenvalue weighted by molar-refractivity contribution is 4.90. The number of aliphatic hydroxyl groups excluding tert-OH is 1. The van der Waals surface area contributed by atoms with Gasteiger partial charge in [-0.1, -0.05) is 39.0 Å². The lowest BCUT2D eigenvalue weighted by molar-refractivity contribution is 0.0133. The molecule has 0 amide bonds. The smallest absolute Gasteiger partial charge is 0.0631 e. The molecule has 1 heterocycles. The Morgan fingerprint density at radius 2 is 2.06 bits per heavy atom. The van der Waals surface area contributed by atoms with Gasteiger partial charge in [0.1, 0.15) is 0 Å². The SMILES string of the molecule is CCCCCCCC(O)C1(CN)CCOC1. The average molecular weight is 229 g/mol. The van der Waals surface area contributed by atoms with E-state index in [4.69, 9.17) is 10.5 Å². The third kappa shape index (κ3) is 3.72. The topological polar surface area (TPSA) is 55.5 Å². The number of hydrogen-bond donors (Lipinski definition) is 2. The van der Waals surface area contributed by atoms with Crippen molar-refractivity contribution in [3.63, 3.8) is 0 Å². The van der Waals surface area contributed by atoms with Crippen LogP contribution in [-0.4, -0.2) is 31.0 Å². The molecule has 0 aliphatic carbocycles. The van der Waals surface area contributed by atoms with Crippen LogP contribution < -0.4 is 5.73 Å². The standard InChI is InChI=1S/C13H27NO2/c1-2-3-4-5-6-7-12(15)13(10-14)8-9-16-11-13/h12,15H,2-11,14H2,1H3. The second-order valence-electron chi connectivity index (χ2n) is 5.09. The predicted octanol–water partition coefficient (Wildman–Crippen LogP) is 2.07. The number of rotatable bonds is 8. The number of nitrogens with two attached hydrogens (primary N) is 1. The summed E-state index contributed by atoms with van der Waals surface area (Å²) < 4.78 is 5.38. The van der Waals surface area contributed by atoms with Gasteiger partial charge in [0.25, 0.3) is 0 Å². The van der Waals surface area contributed by atoms with Crippen molar-refractivity contribution in [3.8, 4) is 0 Å².